The van der Waals surface area contributed by atoms with E-state index in [0.717, 1.165) is 6.07 Å². The predicted octanol–water partition coefficient (Wildman–Crippen LogP) is 2.48. The molecule has 0 fully saturated rings. The van der Waals surface area contributed by atoms with E-state index < -0.39 is 33.0 Å². The second kappa shape index (κ2) is 6.96. The van der Waals surface area contributed by atoms with Crippen molar-refractivity contribution >= 4 is 21.7 Å². The first-order valence-corrected chi connectivity index (χ1v) is 8.90. The number of ether oxygens (including phenoxy) is 1. The van der Waals surface area contributed by atoms with Crippen molar-refractivity contribution in [3.63, 3.8) is 0 Å². The molecule has 1 aliphatic rings. The van der Waals surface area contributed by atoms with Gasteiger partial charge in [0.05, 0.1) is 12.3 Å². The van der Waals surface area contributed by atoms with Gasteiger partial charge < -0.3 is 15.4 Å². The number of hydrogen-bond acceptors (Lipinski definition) is 5. The normalized spacial score (nSPS) is 15.0. The molecule has 26 heavy (non-hydrogen) atoms. The van der Waals surface area contributed by atoms with Crippen molar-refractivity contribution in [2.75, 3.05) is 25.6 Å². The fourth-order valence-corrected chi connectivity index (χ4v) is 3.63. The fourth-order valence-electron chi connectivity index (χ4n) is 2.51. The lowest BCUT2D eigenvalue weighted by atomic mass is 10.0. The number of anilines is 1. The van der Waals surface area contributed by atoms with Gasteiger partial charge in [-0.15, -0.1) is 4.40 Å². The van der Waals surface area contributed by atoms with Gasteiger partial charge in [0.15, 0.2) is 11.6 Å². The van der Waals surface area contributed by atoms with Crippen molar-refractivity contribution in [1.29, 1.82) is 0 Å². The summed E-state index contributed by atoms with van der Waals surface area (Å²) in [5.74, 6) is -3.74. The smallest absolute Gasteiger partial charge is 0.287 e. The van der Waals surface area contributed by atoms with Gasteiger partial charge in [-0.2, -0.15) is 8.42 Å². The summed E-state index contributed by atoms with van der Waals surface area (Å²) in [7, 11) is -2.60. The van der Waals surface area contributed by atoms with E-state index in [9.17, 15) is 21.6 Å². The van der Waals surface area contributed by atoms with Crippen molar-refractivity contribution in [3.05, 3.63) is 47.8 Å². The standard InChI is InChI=1S/C16H14F3N3O3S/c1-25-6-5-20-16-21-15-10(3-2-4-13(15)26(23,24)22-16)11-7-9(17)8-12(18)14(11)19/h2-4,7-8H,5-6H2,1H3,(H2,20,21,22). The van der Waals surface area contributed by atoms with Crippen LogP contribution in [0, 0.1) is 17.5 Å². The highest BCUT2D eigenvalue weighted by Gasteiger charge is 2.28. The first-order valence-electron chi connectivity index (χ1n) is 7.46. The van der Waals surface area contributed by atoms with E-state index >= 15 is 0 Å². The molecule has 1 heterocycles. The van der Waals surface area contributed by atoms with E-state index in [2.05, 4.69) is 15.0 Å². The number of hydrogen-bond donors (Lipinski definition) is 2. The number of methoxy groups -OCH3 is 1. The highest BCUT2D eigenvalue weighted by Crippen LogP contribution is 2.38. The molecule has 3 rings (SSSR count). The van der Waals surface area contributed by atoms with Crippen LogP contribution >= 0.6 is 0 Å². The molecule has 0 atom stereocenters. The maximum absolute atomic E-state index is 14.2. The molecule has 0 aromatic heterocycles. The molecule has 138 valence electrons. The summed E-state index contributed by atoms with van der Waals surface area (Å²) in [5.41, 5.74) is -0.436. The van der Waals surface area contributed by atoms with Gasteiger partial charge >= 0.3 is 0 Å². The predicted molar refractivity (Wildman–Crippen MR) is 89.9 cm³/mol. The molecule has 0 unspecified atom stereocenters. The number of rotatable bonds is 4. The first-order chi connectivity index (χ1) is 12.3. The van der Waals surface area contributed by atoms with Crippen molar-refractivity contribution in [2.24, 2.45) is 4.40 Å². The summed E-state index contributed by atoms with van der Waals surface area (Å²) in [5, 5.41) is 5.47. The third kappa shape index (κ3) is 3.37. The summed E-state index contributed by atoms with van der Waals surface area (Å²) in [6.45, 7) is 0.553. The van der Waals surface area contributed by atoms with Crippen molar-refractivity contribution in [3.8, 4) is 11.1 Å². The minimum atomic E-state index is -4.08. The number of guanidine groups is 1. The fraction of sp³-hybridized carbons (Fsp3) is 0.188. The van der Waals surface area contributed by atoms with Crippen LogP contribution < -0.4 is 10.6 Å². The molecular formula is C16H14F3N3O3S. The first kappa shape index (κ1) is 18.2. The average Bonchev–Trinajstić information content (AvgIpc) is 2.57. The van der Waals surface area contributed by atoms with Crippen molar-refractivity contribution in [2.45, 2.75) is 4.90 Å². The zero-order valence-corrected chi connectivity index (χ0v) is 14.3. The molecular weight excluding hydrogens is 371 g/mol. The number of fused-ring (bicyclic) bond motifs is 1. The zero-order valence-electron chi connectivity index (χ0n) is 13.5. The van der Waals surface area contributed by atoms with Crippen LogP contribution in [-0.4, -0.2) is 34.6 Å². The molecule has 10 heteroatoms. The summed E-state index contributed by atoms with van der Waals surface area (Å²) >= 11 is 0. The van der Waals surface area contributed by atoms with Crippen molar-refractivity contribution in [1.82, 2.24) is 5.32 Å². The monoisotopic (exact) mass is 385 g/mol. The molecule has 2 aromatic carbocycles. The molecule has 0 bridgehead atoms. The number of benzene rings is 2. The number of sulfonamides is 1. The van der Waals surface area contributed by atoms with Crippen LogP contribution in [-0.2, 0) is 14.8 Å². The second-order valence-electron chi connectivity index (χ2n) is 5.39. The van der Waals surface area contributed by atoms with E-state index in [-0.39, 0.29) is 28.7 Å². The summed E-state index contributed by atoms with van der Waals surface area (Å²) in [6, 6.07) is 5.18. The summed E-state index contributed by atoms with van der Waals surface area (Å²) in [6.07, 6.45) is 0. The van der Waals surface area contributed by atoms with Crippen LogP contribution in [0.1, 0.15) is 0 Å². The van der Waals surface area contributed by atoms with Crippen LogP contribution in [0.2, 0.25) is 0 Å². The Hall–Kier alpha value is -2.59. The number of nitrogens with zero attached hydrogens (tertiary/aromatic N) is 1. The Morgan fingerprint density at radius 1 is 1.19 bits per heavy atom. The van der Waals surface area contributed by atoms with Crippen LogP contribution in [0.25, 0.3) is 11.1 Å². The molecule has 0 spiro atoms. The Kier molecular flexibility index (Phi) is 4.88. The highest BCUT2D eigenvalue weighted by atomic mass is 32.2. The van der Waals surface area contributed by atoms with Gasteiger partial charge in [-0.25, -0.2) is 13.2 Å². The molecule has 2 aromatic rings. The third-order valence-corrected chi connectivity index (χ3v) is 4.96. The van der Waals surface area contributed by atoms with Gasteiger partial charge in [0, 0.05) is 30.8 Å². The van der Waals surface area contributed by atoms with Gasteiger partial charge in [-0.05, 0) is 12.1 Å². The molecule has 0 saturated carbocycles. The zero-order chi connectivity index (χ0) is 18.9. The van der Waals surface area contributed by atoms with Crippen LogP contribution in [0.3, 0.4) is 0 Å². The SMILES string of the molecule is COCCNC1=NS(=O)(=O)c2cccc(-c3cc(F)cc(F)c3F)c2N1. The minimum absolute atomic E-state index is 0.0112. The van der Waals surface area contributed by atoms with Crippen molar-refractivity contribution < 1.29 is 26.3 Å². The van der Waals surface area contributed by atoms with Gasteiger partial charge in [0.2, 0.25) is 5.96 Å². The van der Waals surface area contributed by atoms with Gasteiger partial charge in [-0.1, -0.05) is 12.1 Å². The summed E-state index contributed by atoms with van der Waals surface area (Å²) < 4.78 is 74.6. The molecule has 6 nitrogen and oxygen atoms in total. The Bertz CT molecular complexity index is 994. The lowest BCUT2D eigenvalue weighted by Crippen LogP contribution is -2.36. The molecule has 0 aliphatic carbocycles. The molecule has 0 radical (unpaired) electrons. The van der Waals surface area contributed by atoms with E-state index in [1.54, 1.807) is 0 Å². The van der Waals surface area contributed by atoms with E-state index in [4.69, 9.17) is 4.74 Å². The molecule has 1 aliphatic heterocycles. The Labute approximate surface area is 147 Å². The number of halogens is 3. The lowest BCUT2D eigenvalue weighted by Gasteiger charge is -2.22. The molecule has 2 N–H and O–H groups in total. The van der Waals surface area contributed by atoms with Crippen LogP contribution in [0.15, 0.2) is 39.6 Å². The maximum Gasteiger partial charge on any atom is 0.287 e. The maximum atomic E-state index is 14.2. The van der Waals surface area contributed by atoms with Crippen LogP contribution in [0.4, 0.5) is 18.9 Å². The quantitative estimate of drug-likeness (QED) is 0.624. The Morgan fingerprint density at radius 3 is 2.69 bits per heavy atom. The van der Waals surface area contributed by atoms with Crippen LogP contribution in [0.5, 0.6) is 0 Å². The minimum Gasteiger partial charge on any atom is -0.383 e. The third-order valence-electron chi connectivity index (χ3n) is 3.64. The molecule has 0 saturated heterocycles. The topological polar surface area (TPSA) is 79.8 Å². The lowest BCUT2D eigenvalue weighted by molar-refractivity contribution is 0.204. The second-order valence-corrected chi connectivity index (χ2v) is 6.96. The Morgan fingerprint density at radius 2 is 1.96 bits per heavy atom. The van der Waals surface area contributed by atoms with Gasteiger partial charge in [0.25, 0.3) is 10.0 Å². The van der Waals surface area contributed by atoms with Gasteiger partial charge in [0.1, 0.15) is 10.7 Å². The highest BCUT2D eigenvalue weighted by molar-refractivity contribution is 7.90. The number of para-hydroxylation sites is 1. The summed E-state index contributed by atoms with van der Waals surface area (Å²) in [4.78, 5) is -0.226. The van der Waals surface area contributed by atoms with E-state index in [1.165, 1.54) is 25.3 Å². The molecule has 0 amide bonds. The van der Waals surface area contributed by atoms with Gasteiger partial charge in [-0.3, -0.25) is 0 Å². The van der Waals surface area contributed by atoms with E-state index in [0.29, 0.717) is 12.7 Å². The average molecular weight is 385 g/mol. The van der Waals surface area contributed by atoms with E-state index in [1.807, 2.05) is 0 Å². The largest absolute Gasteiger partial charge is 0.383 e. The number of nitrogens with one attached hydrogen (secondary N) is 2. The Balaban J connectivity index is 2.12.